The number of ketones is 1. The standard InChI is InChI=1S/C19H28O3/c1-18-8-7-16-14(15(18)4-5-17(18)22)3-2-12-10-13(21)6-9-19(12,16)11-20/h10,14-17,20,22H,2-9,11H2,1H3/t14-,15-,16-,17?,18-,19+/m0/s1. The quantitative estimate of drug-likeness (QED) is 0.783. The Morgan fingerprint density at radius 2 is 1.95 bits per heavy atom. The first-order valence-electron chi connectivity index (χ1n) is 9.04. The zero-order chi connectivity index (χ0) is 15.5. The van der Waals surface area contributed by atoms with Gasteiger partial charge in [-0.15, -0.1) is 0 Å². The van der Waals surface area contributed by atoms with Crippen molar-refractivity contribution in [2.45, 2.75) is 64.4 Å². The van der Waals surface area contributed by atoms with E-state index in [1.165, 1.54) is 5.57 Å². The van der Waals surface area contributed by atoms with Gasteiger partial charge in [-0.2, -0.15) is 0 Å². The molecule has 0 radical (unpaired) electrons. The fourth-order valence-corrected chi connectivity index (χ4v) is 6.63. The van der Waals surface area contributed by atoms with Gasteiger partial charge in [0.1, 0.15) is 0 Å². The largest absolute Gasteiger partial charge is 0.395 e. The van der Waals surface area contributed by atoms with Crippen LogP contribution in [0.2, 0.25) is 0 Å². The van der Waals surface area contributed by atoms with E-state index < -0.39 is 0 Å². The fourth-order valence-electron chi connectivity index (χ4n) is 6.63. The maximum atomic E-state index is 11.8. The summed E-state index contributed by atoms with van der Waals surface area (Å²) in [6.07, 6.45) is 9.49. The highest BCUT2D eigenvalue weighted by molar-refractivity contribution is 5.91. The Morgan fingerprint density at radius 3 is 2.73 bits per heavy atom. The van der Waals surface area contributed by atoms with Gasteiger partial charge in [-0.05, 0) is 74.2 Å². The molecule has 2 N–H and O–H groups in total. The summed E-state index contributed by atoms with van der Waals surface area (Å²) < 4.78 is 0. The van der Waals surface area contributed by atoms with Gasteiger partial charge in [0.05, 0.1) is 12.7 Å². The van der Waals surface area contributed by atoms with Crippen LogP contribution in [0.1, 0.15) is 58.3 Å². The molecule has 4 rings (SSSR count). The van der Waals surface area contributed by atoms with Gasteiger partial charge in [0.25, 0.3) is 0 Å². The van der Waals surface area contributed by atoms with E-state index in [-0.39, 0.29) is 29.3 Å². The molecule has 3 fully saturated rings. The first kappa shape index (κ1) is 14.9. The molecule has 4 aliphatic carbocycles. The van der Waals surface area contributed by atoms with Gasteiger partial charge in [-0.3, -0.25) is 4.79 Å². The zero-order valence-electron chi connectivity index (χ0n) is 13.6. The van der Waals surface area contributed by atoms with Crippen molar-refractivity contribution < 1.29 is 15.0 Å². The van der Waals surface area contributed by atoms with Crippen LogP contribution in [0.25, 0.3) is 0 Å². The van der Waals surface area contributed by atoms with Crippen LogP contribution in [0.15, 0.2) is 11.6 Å². The zero-order valence-corrected chi connectivity index (χ0v) is 13.6. The average Bonchev–Trinajstić information content (AvgIpc) is 2.82. The Kier molecular flexibility index (Phi) is 3.32. The molecule has 0 heterocycles. The number of carbonyl (C=O) groups excluding carboxylic acids is 1. The van der Waals surface area contributed by atoms with E-state index in [0.717, 1.165) is 44.9 Å². The summed E-state index contributed by atoms with van der Waals surface area (Å²) in [5.74, 6) is 1.97. The second-order valence-corrected chi connectivity index (χ2v) is 8.50. The average molecular weight is 304 g/mol. The molecule has 1 unspecified atom stereocenters. The summed E-state index contributed by atoms with van der Waals surface area (Å²) in [6.45, 7) is 2.48. The van der Waals surface area contributed by atoms with Crippen molar-refractivity contribution in [3.05, 3.63) is 11.6 Å². The smallest absolute Gasteiger partial charge is 0.155 e. The van der Waals surface area contributed by atoms with E-state index in [9.17, 15) is 15.0 Å². The number of aliphatic hydroxyl groups excluding tert-OH is 2. The Hall–Kier alpha value is -0.670. The number of fused-ring (bicyclic) bond motifs is 5. The maximum absolute atomic E-state index is 11.8. The molecule has 3 nitrogen and oxygen atoms in total. The third-order valence-electron chi connectivity index (χ3n) is 7.92. The predicted octanol–water partition coefficient (Wildman–Crippen LogP) is 2.85. The van der Waals surface area contributed by atoms with Crippen molar-refractivity contribution in [2.75, 3.05) is 6.61 Å². The molecular weight excluding hydrogens is 276 g/mol. The third kappa shape index (κ3) is 1.78. The highest BCUT2D eigenvalue weighted by Gasteiger charge is 2.59. The van der Waals surface area contributed by atoms with Crippen molar-refractivity contribution in [3.63, 3.8) is 0 Å². The van der Waals surface area contributed by atoms with Gasteiger partial charge in [0.2, 0.25) is 0 Å². The molecule has 4 aliphatic rings. The molecule has 0 aromatic heterocycles. The van der Waals surface area contributed by atoms with Gasteiger partial charge >= 0.3 is 0 Å². The van der Waals surface area contributed by atoms with E-state index in [1.807, 2.05) is 6.08 Å². The van der Waals surface area contributed by atoms with Crippen molar-refractivity contribution in [3.8, 4) is 0 Å². The number of rotatable bonds is 1. The minimum atomic E-state index is -0.145. The van der Waals surface area contributed by atoms with Crippen molar-refractivity contribution in [2.24, 2.45) is 28.6 Å². The molecule has 6 atom stereocenters. The van der Waals surface area contributed by atoms with E-state index >= 15 is 0 Å². The summed E-state index contributed by atoms with van der Waals surface area (Å²) in [5, 5.41) is 20.7. The lowest BCUT2D eigenvalue weighted by Crippen LogP contribution is -2.53. The van der Waals surface area contributed by atoms with Crippen molar-refractivity contribution in [1.29, 1.82) is 0 Å². The molecule has 22 heavy (non-hydrogen) atoms. The SMILES string of the molecule is C[C@]12CC[C@H]3[C@@H](CCC4=CC(=O)CC[C@@]43CO)[C@@H]1CCC2O. The minimum Gasteiger partial charge on any atom is -0.395 e. The molecule has 0 spiro atoms. The molecular formula is C19H28O3. The van der Waals surface area contributed by atoms with Crippen LogP contribution in [0.5, 0.6) is 0 Å². The highest BCUT2D eigenvalue weighted by atomic mass is 16.3. The van der Waals surface area contributed by atoms with Crippen LogP contribution < -0.4 is 0 Å². The Morgan fingerprint density at radius 1 is 1.14 bits per heavy atom. The molecule has 0 bridgehead atoms. The van der Waals surface area contributed by atoms with Gasteiger partial charge in [-0.25, -0.2) is 0 Å². The summed E-state index contributed by atoms with van der Waals surface area (Å²) >= 11 is 0. The van der Waals surface area contributed by atoms with Gasteiger partial charge in [0, 0.05) is 11.8 Å². The van der Waals surface area contributed by atoms with Crippen LogP contribution in [-0.2, 0) is 4.79 Å². The van der Waals surface area contributed by atoms with Crippen LogP contribution in [0.3, 0.4) is 0 Å². The monoisotopic (exact) mass is 304 g/mol. The van der Waals surface area contributed by atoms with E-state index in [0.29, 0.717) is 24.2 Å². The van der Waals surface area contributed by atoms with Crippen molar-refractivity contribution >= 4 is 5.78 Å². The minimum absolute atomic E-state index is 0.0868. The number of aliphatic hydroxyl groups is 2. The summed E-state index contributed by atoms with van der Waals surface area (Å²) in [5.41, 5.74) is 1.18. The first-order valence-corrected chi connectivity index (χ1v) is 9.04. The Bertz CT molecular complexity index is 525. The number of carbonyl (C=O) groups is 1. The molecule has 0 aliphatic heterocycles. The predicted molar refractivity (Wildman–Crippen MR) is 84.1 cm³/mol. The van der Waals surface area contributed by atoms with Gasteiger partial charge < -0.3 is 10.2 Å². The second kappa shape index (κ2) is 4.91. The number of hydrogen-bond acceptors (Lipinski definition) is 3. The lowest BCUT2D eigenvalue weighted by molar-refractivity contribution is -0.120. The van der Waals surface area contributed by atoms with Gasteiger partial charge in [-0.1, -0.05) is 12.5 Å². The molecule has 3 saturated carbocycles. The fraction of sp³-hybridized carbons (Fsp3) is 0.842. The maximum Gasteiger partial charge on any atom is 0.155 e. The third-order valence-corrected chi connectivity index (χ3v) is 7.92. The molecule has 3 heteroatoms. The lowest BCUT2D eigenvalue weighted by atomic mass is 9.47. The van der Waals surface area contributed by atoms with Crippen molar-refractivity contribution in [1.82, 2.24) is 0 Å². The Labute approximate surface area is 132 Å². The molecule has 0 aromatic rings. The van der Waals surface area contributed by atoms with E-state index in [4.69, 9.17) is 0 Å². The molecule has 0 aromatic carbocycles. The molecule has 122 valence electrons. The van der Waals surface area contributed by atoms with Crippen LogP contribution in [-0.4, -0.2) is 28.7 Å². The van der Waals surface area contributed by atoms with E-state index in [2.05, 4.69) is 6.92 Å². The summed E-state index contributed by atoms with van der Waals surface area (Å²) in [7, 11) is 0. The lowest BCUT2D eigenvalue weighted by Gasteiger charge is -2.58. The Balaban J connectivity index is 1.71. The van der Waals surface area contributed by atoms with E-state index in [1.54, 1.807) is 0 Å². The second-order valence-electron chi connectivity index (χ2n) is 8.50. The normalized spacial score (nSPS) is 50.9. The van der Waals surface area contributed by atoms with Crippen LogP contribution >= 0.6 is 0 Å². The summed E-state index contributed by atoms with van der Waals surface area (Å²) in [6, 6.07) is 0. The molecule has 0 saturated heterocycles. The molecule has 0 amide bonds. The van der Waals surface area contributed by atoms with Gasteiger partial charge in [0.15, 0.2) is 5.78 Å². The van der Waals surface area contributed by atoms with Crippen LogP contribution in [0.4, 0.5) is 0 Å². The number of hydrogen-bond donors (Lipinski definition) is 2. The summed E-state index contributed by atoms with van der Waals surface area (Å²) in [4.78, 5) is 11.8. The highest BCUT2D eigenvalue weighted by Crippen LogP contribution is 2.65. The topological polar surface area (TPSA) is 57.5 Å². The first-order chi connectivity index (χ1) is 10.5. The van der Waals surface area contributed by atoms with Crippen LogP contribution in [0, 0.1) is 28.6 Å².